The van der Waals surface area contributed by atoms with E-state index in [4.69, 9.17) is 7.85 Å². The summed E-state index contributed by atoms with van der Waals surface area (Å²) in [6.45, 7) is 4.43. The molecule has 210 valence electrons. The van der Waals surface area contributed by atoms with Crippen molar-refractivity contribution in [2.24, 2.45) is 0 Å². The van der Waals surface area contributed by atoms with E-state index < -0.39 is 0 Å². The van der Waals surface area contributed by atoms with Crippen molar-refractivity contribution in [3.05, 3.63) is 192 Å². The lowest BCUT2D eigenvalue weighted by Gasteiger charge is -2.37. The summed E-state index contributed by atoms with van der Waals surface area (Å²) < 4.78 is 2.29. The minimum Gasteiger partial charge on any atom is -0.326 e. The van der Waals surface area contributed by atoms with Crippen LogP contribution in [0.15, 0.2) is 158 Å². The molecule has 0 fully saturated rings. The maximum atomic E-state index is 6.12. The Morgan fingerprint density at radius 3 is 1.58 bits per heavy atom. The van der Waals surface area contributed by atoms with Crippen LogP contribution in [0.1, 0.15) is 53.0 Å². The van der Waals surface area contributed by atoms with Crippen molar-refractivity contribution >= 4 is 22.6 Å². The van der Waals surface area contributed by atoms with Gasteiger partial charge in [-0.25, -0.2) is 4.98 Å². The first-order valence-electron chi connectivity index (χ1n) is 15.0. The van der Waals surface area contributed by atoms with E-state index in [1.807, 2.05) is 48.9 Å². The summed E-state index contributed by atoms with van der Waals surface area (Å²) in [7, 11) is 6.65. The topological polar surface area (TPSA) is 17.8 Å². The third-order valence-electron chi connectivity index (χ3n) is 7.81. The summed E-state index contributed by atoms with van der Waals surface area (Å²) in [5.74, 6) is -0.0163. The molecule has 0 atom stereocenters. The molecule has 0 saturated carbocycles. The van der Waals surface area contributed by atoms with Crippen LogP contribution >= 0.6 is 0 Å². The molecule has 0 aliphatic heterocycles. The van der Waals surface area contributed by atoms with Crippen molar-refractivity contribution < 1.29 is 0 Å². The lowest BCUT2D eigenvalue weighted by molar-refractivity contribution is 0.595. The van der Waals surface area contributed by atoms with E-state index in [0.29, 0.717) is 9.52 Å². The van der Waals surface area contributed by atoms with E-state index in [-0.39, 0.29) is 11.0 Å². The largest absolute Gasteiger partial charge is 0.326 e. The summed E-state index contributed by atoms with van der Waals surface area (Å²) in [6, 6.07) is 49.2. The smallest absolute Gasteiger partial charge is 0.127 e. The first-order valence-corrected chi connectivity index (χ1v) is 16.0. The average molecular weight is 573 g/mol. The fraction of sp³-hybridized carbons (Fsp3) is 0.154. The van der Waals surface area contributed by atoms with Crippen LogP contribution in [-0.4, -0.2) is 26.9 Å². The molecule has 0 unspecified atom stereocenters. The van der Waals surface area contributed by atoms with Gasteiger partial charge in [-0.05, 0) is 52.0 Å². The van der Waals surface area contributed by atoms with Crippen molar-refractivity contribution in [2.75, 3.05) is 0 Å². The van der Waals surface area contributed by atoms with Crippen LogP contribution in [0.25, 0.3) is 0 Å². The summed E-state index contributed by atoms with van der Waals surface area (Å²) in [6.07, 6.45) is 8.01. The Balaban J connectivity index is 0.000000220. The van der Waals surface area contributed by atoms with Gasteiger partial charge in [0, 0.05) is 12.4 Å². The van der Waals surface area contributed by atoms with E-state index in [2.05, 4.69) is 133 Å². The van der Waals surface area contributed by atoms with Gasteiger partial charge in [0.2, 0.25) is 0 Å². The van der Waals surface area contributed by atoms with Gasteiger partial charge in [0.15, 0.2) is 0 Å². The van der Waals surface area contributed by atoms with E-state index in [0.717, 1.165) is 24.0 Å². The van der Waals surface area contributed by atoms with Crippen LogP contribution in [0, 0.1) is 0 Å². The van der Waals surface area contributed by atoms with Gasteiger partial charge in [-0.15, -0.1) is 0 Å². The molecular formula is C39H37BN2Si. The van der Waals surface area contributed by atoms with Gasteiger partial charge in [-0.3, -0.25) is 0 Å². The quantitative estimate of drug-likeness (QED) is 0.162. The molecule has 0 aliphatic rings. The highest BCUT2D eigenvalue weighted by atomic mass is 28.2. The van der Waals surface area contributed by atoms with Gasteiger partial charge in [0.1, 0.15) is 9.52 Å². The number of hydrogen-bond donors (Lipinski definition) is 0. The molecule has 6 aromatic rings. The molecule has 1 aromatic heterocycles. The normalized spacial score (nSPS) is 11.1. The second-order valence-corrected chi connectivity index (χ2v) is 12.1. The van der Waals surface area contributed by atoms with Crippen LogP contribution in [0.2, 0.25) is 0 Å². The molecule has 0 spiro atoms. The number of rotatable bonds is 9. The van der Waals surface area contributed by atoms with Crippen LogP contribution in [0.3, 0.4) is 0 Å². The van der Waals surface area contributed by atoms with Gasteiger partial charge in [0.25, 0.3) is 0 Å². The lowest BCUT2D eigenvalue weighted by Crippen LogP contribution is -2.46. The standard InChI is InChI=1S/C26H26N2Si.C13H11B/c1-3-21-10-8-12-23(18-21)26(28-17-16-27-20-28,29-25-14-6-5-7-15-25)24-13-9-11-22(4-2)19-24;14-13(11-7-3-1-4-8-11)12-9-5-2-6-10-12/h5-20H,3-4H2,1-2H3;1-10,13H. The highest BCUT2D eigenvalue weighted by Gasteiger charge is 2.37. The monoisotopic (exact) mass is 572 g/mol. The molecule has 0 aliphatic carbocycles. The molecule has 5 aromatic carbocycles. The van der Waals surface area contributed by atoms with E-state index in [9.17, 15) is 0 Å². The third-order valence-corrected chi connectivity index (χ3v) is 9.63. The zero-order chi connectivity index (χ0) is 29.9. The van der Waals surface area contributed by atoms with Crippen molar-refractivity contribution in [3.63, 3.8) is 0 Å². The minimum absolute atomic E-state index is 0.0163. The molecule has 0 N–H and O–H groups in total. The Hall–Kier alpha value is -4.41. The van der Waals surface area contributed by atoms with Crippen LogP contribution in [0.4, 0.5) is 0 Å². The predicted octanol–water partition coefficient (Wildman–Crippen LogP) is 7.73. The number of nitrogens with zero attached hydrogens (tertiary/aromatic N) is 2. The highest BCUT2D eigenvalue weighted by molar-refractivity contribution is 6.57. The minimum atomic E-state index is -0.325. The van der Waals surface area contributed by atoms with Crippen molar-refractivity contribution in [1.29, 1.82) is 0 Å². The Kier molecular flexibility index (Phi) is 10.3. The zero-order valence-electron chi connectivity index (χ0n) is 25.0. The summed E-state index contributed by atoms with van der Waals surface area (Å²) in [4.78, 5) is 4.43. The fourth-order valence-corrected chi connectivity index (χ4v) is 7.05. The maximum absolute atomic E-state index is 6.12. The third kappa shape index (κ3) is 7.15. The Labute approximate surface area is 260 Å². The number of aromatic nitrogens is 2. The van der Waals surface area contributed by atoms with Crippen molar-refractivity contribution in [3.8, 4) is 0 Å². The average Bonchev–Trinajstić information content (AvgIpc) is 3.64. The molecule has 0 bridgehead atoms. The Bertz CT molecular complexity index is 1580. The van der Waals surface area contributed by atoms with Crippen molar-refractivity contribution in [2.45, 2.75) is 37.7 Å². The molecular weight excluding hydrogens is 535 g/mol. The van der Waals surface area contributed by atoms with Crippen molar-refractivity contribution in [1.82, 2.24) is 9.55 Å². The molecule has 4 heteroatoms. The highest BCUT2D eigenvalue weighted by Crippen LogP contribution is 2.34. The van der Waals surface area contributed by atoms with Gasteiger partial charge < -0.3 is 4.57 Å². The summed E-state index contributed by atoms with van der Waals surface area (Å²) >= 11 is 0. The second kappa shape index (κ2) is 14.7. The molecule has 4 radical (unpaired) electrons. The molecule has 1 heterocycles. The van der Waals surface area contributed by atoms with E-state index >= 15 is 0 Å². The van der Waals surface area contributed by atoms with E-state index in [1.165, 1.54) is 27.4 Å². The second-order valence-electron chi connectivity index (χ2n) is 10.6. The summed E-state index contributed by atoms with van der Waals surface area (Å²) in [5, 5.41) is 1.01. The molecule has 2 nitrogen and oxygen atoms in total. The lowest BCUT2D eigenvalue weighted by atomic mass is 9.76. The molecule has 0 amide bonds. The SMILES string of the molecule is CCc1cccc(C([Si]c2ccccc2)(c2cccc(CC)c2)n2ccnc2)c1.[B]C(c1ccccc1)c1ccccc1. The number of hydrogen-bond acceptors (Lipinski definition) is 1. The fourth-order valence-electron chi connectivity index (χ4n) is 5.41. The number of aryl methyl sites for hydroxylation is 2. The van der Waals surface area contributed by atoms with Crippen LogP contribution < -0.4 is 5.19 Å². The molecule has 6 rings (SSSR count). The van der Waals surface area contributed by atoms with Gasteiger partial charge in [-0.1, -0.05) is 159 Å². The first kappa shape index (κ1) is 30.1. The predicted molar refractivity (Wildman–Crippen MR) is 182 cm³/mol. The zero-order valence-corrected chi connectivity index (χ0v) is 26.0. The maximum Gasteiger partial charge on any atom is 0.127 e. The Morgan fingerprint density at radius 2 is 1.14 bits per heavy atom. The number of imidazole rings is 1. The van der Waals surface area contributed by atoms with Crippen LogP contribution in [0.5, 0.6) is 0 Å². The van der Waals surface area contributed by atoms with Gasteiger partial charge in [-0.2, -0.15) is 0 Å². The first-order chi connectivity index (χ1) is 21.1. The van der Waals surface area contributed by atoms with Gasteiger partial charge in [0.05, 0.1) is 19.3 Å². The molecule has 0 saturated heterocycles. The number of benzene rings is 5. The van der Waals surface area contributed by atoms with E-state index in [1.54, 1.807) is 0 Å². The molecule has 43 heavy (non-hydrogen) atoms. The van der Waals surface area contributed by atoms with Crippen LogP contribution in [-0.2, 0) is 18.0 Å². The summed E-state index contributed by atoms with van der Waals surface area (Å²) in [5.41, 5.74) is 7.64. The van der Waals surface area contributed by atoms with Gasteiger partial charge >= 0.3 is 0 Å². The Morgan fingerprint density at radius 1 is 0.651 bits per heavy atom.